The molecule has 0 spiro atoms. The SMILES string of the molecule is CCc1ccc(N/C=C(\C#N)c2nc(-c3ccccc3)cs2)cc1. The Morgan fingerprint density at radius 3 is 2.58 bits per heavy atom. The fourth-order valence-corrected chi connectivity index (χ4v) is 3.07. The molecule has 0 radical (unpaired) electrons. The number of rotatable bonds is 5. The summed E-state index contributed by atoms with van der Waals surface area (Å²) in [7, 11) is 0. The van der Waals surface area contributed by atoms with Gasteiger partial charge in [-0.05, 0) is 24.1 Å². The van der Waals surface area contributed by atoms with E-state index in [0.717, 1.165) is 23.4 Å². The highest BCUT2D eigenvalue weighted by atomic mass is 32.1. The quantitative estimate of drug-likeness (QED) is 0.641. The molecule has 0 amide bonds. The Morgan fingerprint density at radius 2 is 1.92 bits per heavy atom. The van der Waals surface area contributed by atoms with Crippen molar-refractivity contribution < 1.29 is 0 Å². The molecule has 0 atom stereocenters. The third-order valence-electron chi connectivity index (χ3n) is 3.67. The first-order valence-electron chi connectivity index (χ1n) is 7.77. The maximum absolute atomic E-state index is 9.43. The van der Waals surface area contributed by atoms with Crippen LogP contribution in [0.5, 0.6) is 0 Å². The van der Waals surface area contributed by atoms with Gasteiger partial charge in [-0.15, -0.1) is 11.3 Å². The molecule has 1 N–H and O–H groups in total. The highest BCUT2D eigenvalue weighted by Gasteiger charge is 2.08. The second kappa shape index (κ2) is 7.58. The van der Waals surface area contributed by atoms with Crippen molar-refractivity contribution >= 4 is 22.6 Å². The van der Waals surface area contributed by atoms with Crippen LogP contribution in [-0.2, 0) is 6.42 Å². The minimum absolute atomic E-state index is 0.529. The van der Waals surface area contributed by atoms with Gasteiger partial charge in [0.15, 0.2) is 0 Å². The molecular weight excluding hydrogens is 314 g/mol. The van der Waals surface area contributed by atoms with Gasteiger partial charge in [0.2, 0.25) is 0 Å². The fraction of sp³-hybridized carbons (Fsp3) is 0.100. The third kappa shape index (κ3) is 3.70. The Labute approximate surface area is 145 Å². The lowest BCUT2D eigenvalue weighted by molar-refractivity contribution is 1.14. The van der Waals surface area contributed by atoms with Gasteiger partial charge in [0.05, 0.1) is 5.69 Å². The van der Waals surface area contributed by atoms with Crippen molar-refractivity contribution in [3.63, 3.8) is 0 Å². The van der Waals surface area contributed by atoms with E-state index in [4.69, 9.17) is 0 Å². The Bertz CT molecular complexity index is 871. The monoisotopic (exact) mass is 331 g/mol. The van der Waals surface area contributed by atoms with Gasteiger partial charge < -0.3 is 5.32 Å². The summed E-state index contributed by atoms with van der Waals surface area (Å²) in [5.41, 5.74) is 4.73. The van der Waals surface area contributed by atoms with E-state index in [1.807, 2.05) is 47.8 Å². The van der Waals surface area contributed by atoms with E-state index >= 15 is 0 Å². The molecule has 3 rings (SSSR count). The lowest BCUT2D eigenvalue weighted by atomic mass is 10.1. The van der Waals surface area contributed by atoms with E-state index in [0.29, 0.717) is 10.6 Å². The number of hydrogen-bond acceptors (Lipinski definition) is 4. The molecule has 0 aliphatic rings. The van der Waals surface area contributed by atoms with Gasteiger partial charge in [0.25, 0.3) is 0 Å². The number of aromatic nitrogens is 1. The van der Waals surface area contributed by atoms with Crippen LogP contribution in [-0.4, -0.2) is 4.98 Å². The first kappa shape index (κ1) is 16.0. The number of anilines is 1. The molecule has 4 heteroatoms. The summed E-state index contributed by atoms with van der Waals surface area (Å²) in [5.74, 6) is 0. The van der Waals surface area contributed by atoms with Crippen LogP contribution in [0, 0.1) is 11.3 Å². The van der Waals surface area contributed by atoms with Crippen molar-refractivity contribution in [3.05, 3.63) is 76.7 Å². The third-order valence-corrected chi connectivity index (χ3v) is 4.55. The van der Waals surface area contributed by atoms with Crippen LogP contribution in [0.25, 0.3) is 16.8 Å². The molecule has 0 fully saturated rings. The second-order valence-electron chi connectivity index (χ2n) is 5.27. The predicted molar refractivity (Wildman–Crippen MR) is 101 cm³/mol. The minimum atomic E-state index is 0.529. The Kier molecular flexibility index (Phi) is 5.05. The zero-order valence-corrected chi connectivity index (χ0v) is 14.2. The largest absolute Gasteiger partial charge is 0.360 e. The Morgan fingerprint density at radius 1 is 1.17 bits per heavy atom. The van der Waals surface area contributed by atoms with Gasteiger partial charge in [-0.3, -0.25) is 0 Å². The maximum Gasteiger partial charge on any atom is 0.136 e. The molecule has 3 aromatic rings. The molecule has 0 bridgehead atoms. The molecule has 1 heterocycles. The van der Waals surface area contributed by atoms with E-state index in [1.54, 1.807) is 6.20 Å². The van der Waals surface area contributed by atoms with Crippen LogP contribution in [0.1, 0.15) is 17.5 Å². The van der Waals surface area contributed by atoms with Gasteiger partial charge in [0.1, 0.15) is 16.6 Å². The van der Waals surface area contributed by atoms with Crippen molar-refractivity contribution in [2.45, 2.75) is 13.3 Å². The number of aryl methyl sites for hydroxylation is 1. The van der Waals surface area contributed by atoms with Gasteiger partial charge in [-0.1, -0.05) is 49.4 Å². The fourth-order valence-electron chi connectivity index (χ4n) is 2.27. The zero-order chi connectivity index (χ0) is 16.8. The number of nitrogens with zero attached hydrogens (tertiary/aromatic N) is 2. The van der Waals surface area contributed by atoms with Crippen LogP contribution in [0.15, 0.2) is 66.2 Å². The molecule has 0 saturated carbocycles. The molecule has 1 aromatic heterocycles. The predicted octanol–water partition coefficient (Wildman–Crippen LogP) is 5.35. The van der Waals surface area contributed by atoms with Gasteiger partial charge in [-0.2, -0.15) is 5.26 Å². The lowest BCUT2D eigenvalue weighted by Crippen LogP contribution is -1.91. The van der Waals surface area contributed by atoms with E-state index in [-0.39, 0.29) is 0 Å². The van der Waals surface area contributed by atoms with Crippen LogP contribution in [0.2, 0.25) is 0 Å². The second-order valence-corrected chi connectivity index (χ2v) is 6.13. The number of nitrogens with one attached hydrogen (secondary N) is 1. The summed E-state index contributed by atoms with van der Waals surface area (Å²) in [6.07, 6.45) is 2.73. The number of nitriles is 1. The topological polar surface area (TPSA) is 48.7 Å². The summed E-state index contributed by atoms with van der Waals surface area (Å²) in [6, 6.07) is 20.4. The minimum Gasteiger partial charge on any atom is -0.360 e. The highest BCUT2D eigenvalue weighted by molar-refractivity contribution is 7.11. The highest BCUT2D eigenvalue weighted by Crippen LogP contribution is 2.26. The summed E-state index contributed by atoms with van der Waals surface area (Å²) in [4.78, 5) is 4.58. The standard InChI is InChI=1S/C20H17N3S/c1-2-15-8-10-18(11-9-15)22-13-17(12-21)20-23-19(14-24-20)16-6-4-3-5-7-16/h3-11,13-14,22H,2H2,1H3/b17-13+. The Hall–Kier alpha value is -2.90. The number of allylic oxidation sites excluding steroid dienone is 1. The molecule has 0 aliphatic carbocycles. The summed E-state index contributed by atoms with van der Waals surface area (Å²) in [5, 5.41) is 15.3. The molecule has 0 aliphatic heterocycles. The molecule has 0 saturated heterocycles. The molecular formula is C20H17N3S. The van der Waals surface area contributed by atoms with E-state index in [1.165, 1.54) is 16.9 Å². The summed E-state index contributed by atoms with van der Waals surface area (Å²) in [6.45, 7) is 2.13. The van der Waals surface area contributed by atoms with E-state index in [2.05, 4.69) is 35.4 Å². The van der Waals surface area contributed by atoms with Crippen LogP contribution in [0.3, 0.4) is 0 Å². The van der Waals surface area contributed by atoms with Crippen LogP contribution < -0.4 is 5.32 Å². The first-order chi connectivity index (χ1) is 11.8. The number of thiazole rings is 1. The molecule has 0 unspecified atom stereocenters. The molecule has 3 nitrogen and oxygen atoms in total. The Balaban J connectivity index is 1.78. The van der Waals surface area contributed by atoms with Gasteiger partial charge in [0, 0.05) is 22.8 Å². The summed E-state index contributed by atoms with van der Waals surface area (Å²) < 4.78 is 0. The van der Waals surface area contributed by atoms with Crippen molar-refractivity contribution in [2.24, 2.45) is 0 Å². The zero-order valence-electron chi connectivity index (χ0n) is 13.4. The molecule has 2 aromatic carbocycles. The smallest absolute Gasteiger partial charge is 0.136 e. The average Bonchev–Trinajstić information content (AvgIpc) is 3.13. The average molecular weight is 331 g/mol. The maximum atomic E-state index is 9.43. The van der Waals surface area contributed by atoms with E-state index < -0.39 is 0 Å². The van der Waals surface area contributed by atoms with Gasteiger partial charge in [-0.25, -0.2) is 4.98 Å². The molecule has 24 heavy (non-hydrogen) atoms. The number of hydrogen-bond donors (Lipinski definition) is 1. The van der Waals surface area contributed by atoms with E-state index in [9.17, 15) is 5.26 Å². The van der Waals surface area contributed by atoms with Crippen molar-refractivity contribution in [2.75, 3.05) is 5.32 Å². The van der Waals surface area contributed by atoms with Crippen molar-refractivity contribution in [1.82, 2.24) is 4.98 Å². The normalized spacial score (nSPS) is 11.1. The van der Waals surface area contributed by atoms with Crippen molar-refractivity contribution in [1.29, 1.82) is 5.26 Å². The number of benzene rings is 2. The lowest BCUT2D eigenvalue weighted by Gasteiger charge is -2.02. The van der Waals surface area contributed by atoms with Crippen LogP contribution >= 0.6 is 11.3 Å². The summed E-state index contributed by atoms with van der Waals surface area (Å²) >= 11 is 1.48. The van der Waals surface area contributed by atoms with Gasteiger partial charge >= 0.3 is 0 Å². The molecule has 118 valence electrons. The first-order valence-corrected chi connectivity index (χ1v) is 8.65. The van der Waals surface area contributed by atoms with Crippen LogP contribution in [0.4, 0.5) is 5.69 Å². The van der Waals surface area contributed by atoms with Crippen molar-refractivity contribution in [3.8, 4) is 17.3 Å².